The Hall–Kier alpha value is -0.460. The molecule has 5 nitrogen and oxygen atoms in total. The Morgan fingerprint density at radius 3 is 2.71 bits per heavy atom. The number of hydrogen-bond donors (Lipinski definition) is 3. The normalized spacial score (nSPS) is 42.8. The molecule has 2 unspecified atom stereocenters. The van der Waals surface area contributed by atoms with Gasteiger partial charge >= 0.3 is 0 Å². The van der Waals surface area contributed by atoms with Gasteiger partial charge in [0.05, 0.1) is 30.4 Å². The van der Waals surface area contributed by atoms with Gasteiger partial charge in [0.1, 0.15) is 0 Å². The third-order valence-corrected chi connectivity index (χ3v) is 4.03. The maximum Gasteiger partial charge on any atom is 0.0994 e. The van der Waals surface area contributed by atoms with Crippen molar-refractivity contribution in [3.63, 3.8) is 0 Å². The van der Waals surface area contributed by atoms with Crippen LogP contribution in [0.25, 0.3) is 0 Å². The highest BCUT2D eigenvalue weighted by Gasteiger charge is 2.48. The Morgan fingerprint density at radius 2 is 2.06 bits per heavy atom. The average molecular weight is 242 g/mol. The molecule has 0 aromatic heterocycles. The maximum absolute atomic E-state index is 10.1. The first kappa shape index (κ1) is 13.0. The van der Waals surface area contributed by atoms with E-state index in [0.717, 1.165) is 6.54 Å². The topological polar surface area (TPSA) is 67.2 Å². The fourth-order valence-electron chi connectivity index (χ4n) is 3.03. The van der Waals surface area contributed by atoms with Crippen LogP contribution in [0.2, 0.25) is 0 Å². The van der Waals surface area contributed by atoms with E-state index in [1.54, 1.807) is 6.08 Å². The predicted molar refractivity (Wildman–Crippen MR) is 64.6 cm³/mol. The number of aliphatic hydroxyl groups is 3. The van der Waals surface area contributed by atoms with Crippen molar-refractivity contribution in [2.45, 2.75) is 36.8 Å². The Balaban J connectivity index is 2.10. The minimum absolute atomic E-state index is 0.107. The molecule has 5 atom stereocenters. The van der Waals surface area contributed by atoms with Crippen molar-refractivity contribution in [3.05, 3.63) is 12.7 Å². The highest BCUT2D eigenvalue weighted by molar-refractivity contribution is 5.04. The Morgan fingerprint density at radius 1 is 1.35 bits per heavy atom. The summed E-state index contributed by atoms with van der Waals surface area (Å²) >= 11 is 0. The van der Waals surface area contributed by atoms with Gasteiger partial charge in [-0.2, -0.15) is 0 Å². The highest BCUT2D eigenvalue weighted by atomic mass is 16.3. The van der Waals surface area contributed by atoms with Crippen molar-refractivity contribution < 1.29 is 15.3 Å². The summed E-state index contributed by atoms with van der Waals surface area (Å²) in [4.78, 5) is 4.06. The SMILES string of the molecule is C=CCN(C)[C@H]1CN2CC[C@H](O)C2[C@@H](O)C1O. The zero-order chi connectivity index (χ0) is 12.6. The van der Waals surface area contributed by atoms with Gasteiger partial charge < -0.3 is 15.3 Å². The van der Waals surface area contributed by atoms with E-state index in [-0.39, 0.29) is 12.1 Å². The number of fused-ring (bicyclic) bond motifs is 1. The summed E-state index contributed by atoms with van der Waals surface area (Å²) in [7, 11) is 1.91. The summed E-state index contributed by atoms with van der Waals surface area (Å²) in [5.74, 6) is 0. The third kappa shape index (κ3) is 2.26. The zero-order valence-electron chi connectivity index (χ0n) is 10.2. The van der Waals surface area contributed by atoms with E-state index in [1.165, 1.54) is 0 Å². The molecule has 2 aliphatic heterocycles. The summed E-state index contributed by atoms with van der Waals surface area (Å²) < 4.78 is 0. The van der Waals surface area contributed by atoms with Crippen molar-refractivity contribution in [3.8, 4) is 0 Å². The lowest BCUT2D eigenvalue weighted by Crippen LogP contribution is -2.65. The minimum atomic E-state index is -0.876. The summed E-state index contributed by atoms with van der Waals surface area (Å²) in [6.45, 7) is 5.83. The van der Waals surface area contributed by atoms with Gasteiger partial charge in [0.25, 0.3) is 0 Å². The van der Waals surface area contributed by atoms with Crippen molar-refractivity contribution in [1.29, 1.82) is 0 Å². The van der Waals surface area contributed by atoms with E-state index < -0.39 is 18.3 Å². The van der Waals surface area contributed by atoms with Crippen molar-refractivity contribution >= 4 is 0 Å². The van der Waals surface area contributed by atoms with Crippen LogP contribution in [-0.2, 0) is 0 Å². The van der Waals surface area contributed by atoms with Crippen LogP contribution in [0.5, 0.6) is 0 Å². The molecule has 0 radical (unpaired) electrons. The fraction of sp³-hybridized carbons (Fsp3) is 0.833. The smallest absolute Gasteiger partial charge is 0.0994 e. The number of nitrogens with zero attached hydrogens (tertiary/aromatic N) is 2. The second-order valence-corrected chi connectivity index (χ2v) is 5.12. The molecule has 17 heavy (non-hydrogen) atoms. The average Bonchev–Trinajstić information content (AvgIpc) is 2.65. The van der Waals surface area contributed by atoms with Crippen LogP contribution in [0.4, 0.5) is 0 Å². The highest BCUT2D eigenvalue weighted by Crippen LogP contribution is 2.29. The molecule has 2 aliphatic rings. The van der Waals surface area contributed by atoms with E-state index >= 15 is 0 Å². The first-order valence-corrected chi connectivity index (χ1v) is 6.15. The lowest BCUT2D eigenvalue weighted by Gasteiger charge is -2.45. The van der Waals surface area contributed by atoms with Crippen LogP contribution in [0, 0.1) is 0 Å². The van der Waals surface area contributed by atoms with Gasteiger partial charge in [0.2, 0.25) is 0 Å². The van der Waals surface area contributed by atoms with Gasteiger partial charge in [-0.25, -0.2) is 0 Å². The Bertz CT molecular complexity index is 287. The molecule has 0 saturated carbocycles. The second kappa shape index (κ2) is 5.04. The van der Waals surface area contributed by atoms with E-state index in [2.05, 4.69) is 11.5 Å². The van der Waals surface area contributed by atoms with E-state index in [9.17, 15) is 15.3 Å². The van der Waals surface area contributed by atoms with Gasteiger partial charge in [0.15, 0.2) is 0 Å². The molecule has 0 aliphatic carbocycles. The van der Waals surface area contributed by atoms with Crippen LogP contribution in [-0.4, -0.2) is 82.2 Å². The number of hydrogen-bond acceptors (Lipinski definition) is 5. The molecule has 0 aromatic carbocycles. The molecule has 0 spiro atoms. The standard InChI is InChI=1S/C12H22N2O3/c1-3-5-13(2)8-7-14-6-4-9(15)10(14)12(17)11(8)16/h3,8-12,15-17H,1,4-7H2,2H3/t8-,9-,10?,11?,12+/m0/s1. The molecule has 2 heterocycles. The zero-order valence-corrected chi connectivity index (χ0v) is 10.2. The fourth-order valence-corrected chi connectivity index (χ4v) is 3.03. The van der Waals surface area contributed by atoms with Crippen LogP contribution < -0.4 is 0 Å². The van der Waals surface area contributed by atoms with Crippen LogP contribution in [0.15, 0.2) is 12.7 Å². The molecule has 0 aromatic rings. The van der Waals surface area contributed by atoms with Crippen LogP contribution >= 0.6 is 0 Å². The first-order valence-electron chi connectivity index (χ1n) is 6.15. The van der Waals surface area contributed by atoms with Gasteiger partial charge in [-0.3, -0.25) is 9.80 Å². The van der Waals surface area contributed by atoms with Crippen molar-refractivity contribution in [2.75, 3.05) is 26.7 Å². The predicted octanol–water partition coefficient (Wildman–Crippen LogP) is -1.36. The molecule has 0 bridgehead atoms. The Kier molecular flexibility index (Phi) is 3.85. The van der Waals surface area contributed by atoms with Gasteiger partial charge in [-0.05, 0) is 13.5 Å². The summed E-state index contributed by atoms with van der Waals surface area (Å²) in [5, 5.41) is 30.0. The summed E-state index contributed by atoms with van der Waals surface area (Å²) in [5.41, 5.74) is 0. The number of rotatable bonds is 3. The van der Waals surface area contributed by atoms with E-state index in [0.29, 0.717) is 19.5 Å². The Labute approximate surface area is 102 Å². The monoisotopic (exact) mass is 242 g/mol. The molecule has 5 heteroatoms. The summed E-state index contributed by atoms with van der Waals surface area (Å²) in [6.07, 6.45) is 0.244. The van der Waals surface area contributed by atoms with Crippen molar-refractivity contribution in [1.82, 2.24) is 9.80 Å². The summed E-state index contributed by atoms with van der Waals surface area (Å²) in [6, 6.07) is -0.414. The molecule has 98 valence electrons. The first-order chi connectivity index (χ1) is 8.06. The molecule has 3 N–H and O–H groups in total. The number of aliphatic hydroxyl groups excluding tert-OH is 3. The maximum atomic E-state index is 10.1. The lowest BCUT2D eigenvalue weighted by atomic mass is 9.90. The quantitative estimate of drug-likeness (QED) is 0.534. The molecule has 2 saturated heterocycles. The molecule has 2 fully saturated rings. The van der Waals surface area contributed by atoms with Gasteiger partial charge in [-0.1, -0.05) is 6.08 Å². The molecule has 2 rings (SSSR count). The largest absolute Gasteiger partial charge is 0.391 e. The number of piperidine rings is 1. The van der Waals surface area contributed by atoms with E-state index in [1.807, 2.05) is 11.9 Å². The van der Waals surface area contributed by atoms with Crippen molar-refractivity contribution in [2.24, 2.45) is 0 Å². The van der Waals surface area contributed by atoms with Gasteiger partial charge in [0, 0.05) is 19.6 Å². The molecule has 0 amide bonds. The molecular formula is C12H22N2O3. The lowest BCUT2D eigenvalue weighted by molar-refractivity contribution is -0.120. The van der Waals surface area contributed by atoms with Gasteiger partial charge in [-0.15, -0.1) is 6.58 Å². The number of likely N-dealkylation sites (N-methyl/N-ethyl adjacent to an activating group) is 1. The molecular weight excluding hydrogens is 220 g/mol. The van der Waals surface area contributed by atoms with Crippen LogP contribution in [0.3, 0.4) is 0 Å². The minimum Gasteiger partial charge on any atom is -0.391 e. The van der Waals surface area contributed by atoms with Crippen LogP contribution in [0.1, 0.15) is 6.42 Å². The second-order valence-electron chi connectivity index (χ2n) is 5.12. The third-order valence-electron chi connectivity index (χ3n) is 4.03. The van der Waals surface area contributed by atoms with E-state index in [4.69, 9.17) is 0 Å².